The first-order valence-electron chi connectivity index (χ1n) is 7.91. The van der Waals surface area contributed by atoms with Crippen molar-refractivity contribution in [2.45, 2.75) is 31.3 Å². The summed E-state index contributed by atoms with van der Waals surface area (Å²) in [5.41, 5.74) is 5.72. The molecule has 5 N–H and O–H groups in total. The number of ether oxygens (including phenoxy) is 1. The van der Waals surface area contributed by atoms with Crippen LogP contribution in [-0.4, -0.2) is 36.6 Å². The smallest absolute Gasteiger partial charge is 0.321 e. The number of carbonyl (C=O) groups is 4. The lowest BCUT2D eigenvalue weighted by Crippen LogP contribution is -2.42. The van der Waals surface area contributed by atoms with Crippen molar-refractivity contribution in [1.29, 1.82) is 0 Å². The molecule has 1 aliphatic rings. The minimum Gasteiger partial charge on any atom is -0.455 e. The molecule has 1 fully saturated rings. The van der Waals surface area contributed by atoms with E-state index in [1.807, 2.05) is 0 Å². The Morgan fingerprint density at radius 2 is 1.85 bits per heavy atom. The second kappa shape index (κ2) is 9.04. The Bertz CT molecular complexity index is 690. The maximum atomic E-state index is 11.9. The van der Waals surface area contributed by atoms with E-state index in [0.717, 1.165) is 12.8 Å². The van der Waals surface area contributed by atoms with Crippen molar-refractivity contribution in [2.24, 2.45) is 5.73 Å². The Morgan fingerprint density at radius 1 is 1.19 bits per heavy atom. The van der Waals surface area contributed by atoms with Gasteiger partial charge in [-0.05, 0) is 30.5 Å². The number of esters is 1. The van der Waals surface area contributed by atoms with Crippen LogP contribution in [0.3, 0.4) is 0 Å². The Hall–Kier alpha value is -2.81. The van der Waals surface area contributed by atoms with Gasteiger partial charge in [0.25, 0.3) is 5.91 Å². The second-order valence-electron chi connectivity index (χ2n) is 5.77. The van der Waals surface area contributed by atoms with Gasteiger partial charge < -0.3 is 21.1 Å². The van der Waals surface area contributed by atoms with Crippen molar-refractivity contribution in [3.8, 4) is 0 Å². The maximum absolute atomic E-state index is 11.9. The molecule has 140 valence electrons. The van der Waals surface area contributed by atoms with Gasteiger partial charge in [0, 0.05) is 11.1 Å². The Balaban J connectivity index is 1.81. The van der Waals surface area contributed by atoms with Gasteiger partial charge in [-0.2, -0.15) is 0 Å². The molecule has 1 aromatic carbocycles. The number of halogens is 1. The fourth-order valence-electron chi connectivity index (χ4n) is 2.10. The highest BCUT2D eigenvalue weighted by Gasteiger charge is 2.24. The molecule has 10 heteroatoms. The van der Waals surface area contributed by atoms with Crippen LogP contribution in [0.2, 0.25) is 5.02 Å². The zero-order valence-corrected chi connectivity index (χ0v) is 14.5. The van der Waals surface area contributed by atoms with E-state index in [9.17, 15) is 19.2 Å². The van der Waals surface area contributed by atoms with E-state index in [1.54, 1.807) is 24.3 Å². The number of rotatable bonds is 7. The topological polar surface area (TPSA) is 140 Å². The number of benzene rings is 1. The van der Waals surface area contributed by atoms with E-state index in [0.29, 0.717) is 10.6 Å². The molecular weight excluding hydrogens is 364 g/mol. The summed E-state index contributed by atoms with van der Waals surface area (Å²) in [4.78, 5) is 46.1. The Labute approximate surface area is 154 Å². The van der Waals surface area contributed by atoms with E-state index < -0.39 is 36.6 Å². The van der Waals surface area contributed by atoms with Gasteiger partial charge in [0.15, 0.2) is 6.61 Å². The number of amides is 5. The van der Waals surface area contributed by atoms with Gasteiger partial charge in [-0.3, -0.25) is 14.9 Å². The van der Waals surface area contributed by atoms with E-state index in [4.69, 9.17) is 22.1 Å². The first-order chi connectivity index (χ1) is 12.3. The standard InChI is InChI=1S/C16H19ClN4O5/c17-10-3-1-9(2-4-10)12(20-15(18)24)7-14(23)26-8-13(22)21-16(25)19-11-5-6-11/h1-4,11-12H,5-8H2,(H3,18,20,24)(H2,19,21,22,25)/t12-/m0/s1. The lowest BCUT2D eigenvalue weighted by atomic mass is 10.0. The van der Waals surface area contributed by atoms with Crippen molar-refractivity contribution < 1.29 is 23.9 Å². The quantitative estimate of drug-likeness (QED) is 0.520. The van der Waals surface area contributed by atoms with Crippen molar-refractivity contribution in [3.63, 3.8) is 0 Å². The molecule has 1 aromatic rings. The summed E-state index contributed by atoms with van der Waals surface area (Å²) in [5.74, 6) is -1.49. The molecule has 0 saturated heterocycles. The largest absolute Gasteiger partial charge is 0.455 e. The molecule has 5 amide bonds. The van der Waals surface area contributed by atoms with Crippen LogP contribution in [0.25, 0.3) is 0 Å². The average Bonchev–Trinajstić information content (AvgIpc) is 3.36. The normalized spacial score (nSPS) is 14.0. The van der Waals surface area contributed by atoms with Crippen LogP contribution in [0.15, 0.2) is 24.3 Å². The average molecular weight is 383 g/mol. The third kappa shape index (κ3) is 6.98. The number of hydrogen-bond donors (Lipinski definition) is 4. The summed E-state index contributed by atoms with van der Waals surface area (Å²) in [5, 5.41) is 7.55. The highest BCUT2D eigenvalue weighted by molar-refractivity contribution is 6.30. The molecule has 0 bridgehead atoms. The van der Waals surface area contributed by atoms with Gasteiger partial charge in [-0.1, -0.05) is 23.7 Å². The molecule has 0 aliphatic heterocycles. The van der Waals surface area contributed by atoms with Gasteiger partial charge in [0.1, 0.15) is 0 Å². The predicted molar refractivity (Wildman–Crippen MR) is 92.2 cm³/mol. The summed E-state index contributed by atoms with van der Waals surface area (Å²) >= 11 is 5.81. The molecule has 0 heterocycles. The van der Waals surface area contributed by atoms with Crippen LogP contribution >= 0.6 is 11.6 Å². The maximum Gasteiger partial charge on any atom is 0.321 e. The van der Waals surface area contributed by atoms with Crippen LogP contribution in [-0.2, 0) is 14.3 Å². The van der Waals surface area contributed by atoms with Crippen LogP contribution < -0.4 is 21.7 Å². The van der Waals surface area contributed by atoms with Crippen molar-refractivity contribution >= 4 is 35.5 Å². The van der Waals surface area contributed by atoms with E-state index in [1.165, 1.54) is 0 Å². The highest BCUT2D eigenvalue weighted by Crippen LogP contribution is 2.20. The van der Waals surface area contributed by atoms with Crippen LogP contribution in [0, 0.1) is 0 Å². The summed E-state index contributed by atoms with van der Waals surface area (Å²) in [6, 6.07) is 4.39. The monoisotopic (exact) mass is 382 g/mol. The van der Waals surface area contributed by atoms with Crippen LogP contribution in [0.1, 0.15) is 30.9 Å². The van der Waals surface area contributed by atoms with Crippen molar-refractivity contribution in [1.82, 2.24) is 16.0 Å². The summed E-state index contributed by atoms with van der Waals surface area (Å²) in [7, 11) is 0. The van der Waals surface area contributed by atoms with Crippen molar-refractivity contribution in [2.75, 3.05) is 6.61 Å². The molecule has 0 spiro atoms. The number of imide groups is 1. The third-order valence-electron chi connectivity index (χ3n) is 3.49. The van der Waals surface area contributed by atoms with Gasteiger partial charge in [0.05, 0.1) is 12.5 Å². The Kier molecular flexibility index (Phi) is 6.79. The lowest BCUT2D eigenvalue weighted by molar-refractivity contribution is -0.148. The van der Waals surface area contributed by atoms with E-state index in [2.05, 4.69) is 16.0 Å². The van der Waals surface area contributed by atoms with Gasteiger partial charge in [-0.15, -0.1) is 0 Å². The molecule has 2 rings (SSSR count). The number of urea groups is 2. The van der Waals surface area contributed by atoms with Gasteiger partial charge >= 0.3 is 18.0 Å². The zero-order valence-electron chi connectivity index (χ0n) is 13.8. The number of nitrogens with one attached hydrogen (secondary N) is 3. The number of primary amides is 1. The van der Waals surface area contributed by atoms with Crippen LogP contribution in [0.5, 0.6) is 0 Å². The summed E-state index contributed by atoms with van der Waals surface area (Å²) in [6.07, 6.45) is 1.53. The first-order valence-corrected chi connectivity index (χ1v) is 8.28. The van der Waals surface area contributed by atoms with E-state index in [-0.39, 0.29) is 12.5 Å². The SMILES string of the molecule is NC(=O)N[C@@H](CC(=O)OCC(=O)NC(=O)NC1CC1)c1ccc(Cl)cc1. The molecule has 0 radical (unpaired) electrons. The van der Waals surface area contributed by atoms with Crippen molar-refractivity contribution in [3.05, 3.63) is 34.9 Å². The molecule has 1 aliphatic carbocycles. The molecular formula is C16H19ClN4O5. The summed E-state index contributed by atoms with van der Waals surface area (Å²) < 4.78 is 4.83. The third-order valence-corrected chi connectivity index (χ3v) is 3.74. The minimum atomic E-state index is -0.813. The molecule has 9 nitrogen and oxygen atoms in total. The van der Waals surface area contributed by atoms with Gasteiger partial charge in [0.2, 0.25) is 0 Å². The van der Waals surface area contributed by atoms with E-state index >= 15 is 0 Å². The number of nitrogens with two attached hydrogens (primary N) is 1. The molecule has 1 atom stereocenters. The molecule has 1 saturated carbocycles. The number of carbonyl (C=O) groups excluding carboxylic acids is 4. The molecule has 26 heavy (non-hydrogen) atoms. The molecule has 0 aromatic heterocycles. The lowest BCUT2D eigenvalue weighted by Gasteiger charge is -2.17. The summed E-state index contributed by atoms with van der Waals surface area (Å²) in [6.45, 7) is -0.610. The fraction of sp³-hybridized carbons (Fsp3) is 0.375. The number of hydrogen-bond acceptors (Lipinski definition) is 5. The second-order valence-corrected chi connectivity index (χ2v) is 6.21. The Morgan fingerprint density at radius 3 is 2.42 bits per heavy atom. The zero-order chi connectivity index (χ0) is 19.1. The van der Waals surface area contributed by atoms with Crippen LogP contribution in [0.4, 0.5) is 9.59 Å². The first kappa shape index (κ1) is 19.5. The minimum absolute atomic E-state index is 0.102. The van der Waals surface area contributed by atoms with Gasteiger partial charge in [-0.25, -0.2) is 9.59 Å². The fourth-order valence-corrected chi connectivity index (χ4v) is 2.23. The highest BCUT2D eigenvalue weighted by atomic mass is 35.5. The molecule has 0 unspecified atom stereocenters. The predicted octanol–water partition coefficient (Wildman–Crippen LogP) is 0.971.